The van der Waals surface area contributed by atoms with Crippen molar-refractivity contribution >= 4 is 5.91 Å². The van der Waals surface area contributed by atoms with Gasteiger partial charge in [-0.25, -0.2) is 0 Å². The van der Waals surface area contributed by atoms with E-state index in [1.165, 1.54) is 11.1 Å². The molecular formula is C32H43NO4. The molecule has 5 nitrogen and oxygen atoms in total. The Morgan fingerprint density at radius 2 is 1.65 bits per heavy atom. The number of carbonyl (C=O) groups excluding carboxylic acids is 1. The van der Waals surface area contributed by atoms with Crippen LogP contribution < -0.4 is 4.74 Å². The molecule has 5 heteroatoms. The largest absolute Gasteiger partial charge is 0.491 e. The van der Waals surface area contributed by atoms with Gasteiger partial charge in [-0.05, 0) is 85.9 Å². The van der Waals surface area contributed by atoms with E-state index in [-0.39, 0.29) is 16.7 Å². The van der Waals surface area contributed by atoms with E-state index >= 15 is 0 Å². The summed E-state index contributed by atoms with van der Waals surface area (Å²) in [6.45, 7) is 17.9. The number of rotatable bonds is 9. The topological polar surface area (TPSA) is 59.0 Å². The second-order valence-corrected chi connectivity index (χ2v) is 11.0. The van der Waals surface area contributed by atoms with Crippen molar-refractivity contribution in [1.82, 2.24) is 4.90 Å². The summed E-state index contributed by atoms with van der Waals surface area (Å²) in [6, 6.07) is 11.3. The number of benzene rings is 2. The molecule has 1 unspecified atom stereocenters. The Balaban J connectivity index is 1.91. The van der Waals surface area contributed by atoms with Gasteiger partial charge in [0.2, 0.25) is 0 Å². The Kier molecular flexibility index (Phi) is 9.45. The van der Waals surface area contributed by atoms with Crippen molar-refractivity contribution in [2.75, 3.05) is 32.9 Å². The number of aliphatic hydroxyl groups is 1. The Labute approximate surface area is 223 Å². The normalized spacial score (nSPS) is 16.2. The lowest BCUT2D eigenvalue weighted by Crippen LogP contribution is -2.34. The maximum Gasteiger partial charge on any atom is 0.253 e. The molecule has 1 N–H and O–H groups in total. The highest BCUT2D eigenvalue weighted by atomic mass is 16.5. The van der Waals surface area contributed by atoms with Crippen LogP contribution in [0.5, 0.6) is 5.75 Å². The van der Waals surface area contributed by atoms with Crippen LogP contribution in [-0.4, -0.2) is 48.8 Å². The fraction of sp³-hybridized carbons (Fsp3) is 0.531. The number of fused-ring (bicyclic) bond motifs is 1. The van der Waals surface area contributed by atoms with Gasteiger partial charge in [0.15, 0.2) is 0 Å². The second kappa shape index (κ2) is 12.2. The predicted octanol–water partition coefficient (Wildman–Crippen LogP) is 6.02. The highest BCUT2D eigenvalue weighted by Gasteiger charge is 2.40. The van der Waals surface area contributed by atoms with E-state index in [9.17, 15) is 9.90 Å². The highest BCUT2D eigenvalue weighted by molar-refractivity contribution is 5.94. The van der Waals surface area contributed by atoms with Crippen LogP contribution in [0.4, 0.5) is 0 Å². The fourth-order valence-corrected chi connectivity index (χ4v) is 5.00. The molecule has 0 aromatic heterocycles. The first-order valence-electron chi connectivity index (χ1n) is 13.5. The molecule has 0 aliphatic heterocycles. The zero-order valence-electron chi connectivity index (χ0n) is 23.6. The molecule has 1 aliphatic rings. The number of aliphatic hydroxyl groups excluding tert-OH is 1. The lowest BCUT2D eigenvalue weighted by atomic mass is 9.62. The zero-order valence-corrected chi connectivity index (χ0v) is 23.6. The molecule has 2 aromatic rings. The molecule has 0 fully saturated rings. The van der Waals surface area contributed by atoms with Gasteiger partial charge in [-0.1, -0.05) is 45.6 Å². The van der Waals surface area contributed by atoms with Gasteiger partial charge in [-0.3, -0.25) is 4.79 Å². The quantitative estimate of drug-likeness (QED) is 0.335. The molecule has 0 saturated carbocycles. The minimum atomic E-state index is -0.961. The summed E-state index contributed by atoms with van der Waals surface area (Å²) in [7, 11) is 0. The van der Waals surface area contributed by atoms with Crippen molar-refractivity contribution < 1.29 is 19.4 Å². The Morgan fingerprint density at radius 3 is 2.27 bits per heavy atom. The van der Waals surface area contributed by atoms with E-state index in [0.717, 1.165) is 29.7 Å². The lowest BCUT2D eigenvalue weighted by Gasteiger charge is -2.43. The first-order valence-corrected chi connectivity index (χ1v) is 13.5. The van der Waals surface area contributed by atoms with Crippen LogP contribution >= 0.6 is 0 Å². The van der Waals surface area contributed by atoms with Crippen LogP contribution in [0.3, 0.4) is 0 Å². The summed E-state index contributed by atoms with van der Waals surface area (Å²) < 4.78 is 11.7. The van der Waals surface area contributed by atoms with Crippen molar-refractivity contribution in [2.24, 2.45) is 0 Å². The highest BCUT2D eigenvalue weighted by Crippen LogP contribution is 2.50. The van der Waals surface area contributed by atoms with Crippen LogP contribution in [0.15, 0.2) is 36.4 Å². The molecule has 200 valence electrons. The van der Waals surface area contributed by atoms with Crippen LogP contribution in [0, 0.1) is 11.8 Å². The molecule has 0 bridgehead atoms. The molecule has 1 atom stereocenters. The van der Waals surface area contributed by atoms with Gasteiger partial charge in [-0.15, -0.1) is 0 Å². The van der Waals surface area contributed by atoms with Gasteiger partial charge in [0.05, 0.1) is 6.61 Å². The lowest BCUT2D eigenvalue weighted by molar-refractivity contribution is 0.0773. The van der Waals surface area contributed by atoms with Gasteiger partial charge in [0.1, 0.15) is 18.5 Å². The minimum absolute atomic E-state index is 0.0148. The van der Waals surface area contributed by atoms with Crippen LogP contribution in [0.1, 0.15) is 100 Å². The zero-order chi connectivity index (χ0) is 27.2. The third-order valence-electron chi connectivity index (χ3n) is 7.45. The molecule has 0 spiro atoms. The molecule has 0 heterocycles. The van der Waals surface area contributed by atoms with E-state index in [1.807, 2.05) is 39.0 Å². The number of carbonyl (C=O) groups is 1. The standard InChI is InChI=1S/C32H43NO4/c1-8-33(9-2)30(35)24-14-11-23(12-15-24)13-16-27(34)25-21-26-29(28(22-25)37-20-19-36-10-3)32(6,7)18-17-31(26,4)5/h11-12,14-15,21-22,27,34H,8-10,17-20H2,1-7H3. The van der Waals surface area contributed by atoms with Crippen LogP contribution in [-0.2, 0) is 15.6 Å². The summed E-state index contributed by atoms with van der Waals surface area (Å²) in [5.74, 6) is 6.90. The van der Waals surface area contributed by atoms with E-state index in [2.05, 4.69) is 45.6 Å². The number of hydrogen-bond acceptors (Lipinski definition) is 4. The molecule has 1 amide bonds. The van der Waals surface area contributed by atoms with E-state index in [4.69, 9.17) is 9.47 Å². The van der Waals surface area contributed by atoms with Gasteiger partial charge >= 0.3 is 0 Å². The molecular weight excluding hydrogens is 462 g/mol. The van der Waals surface area contributed by atoms with Crippen molar-refractivity contribution in [2.45, 2.75) is 78.2 Å². The Bertz CT molecular complexity index is 1130. The maximum atomic E-state index is 12.6. The Morgan fingerprint density at radius 1 is 1.00 bits per heavy atom. The van der Waals surface area contributed by atoms with Crippen LogP contribution in [0.25, 0.3) is 0 Å². The first kappa shape index (κ1) is 28.8. The average molecular weight is 506 g/mol. The van der Waals surface area contributed by atoms with Gasteiger partial charge in [0.25, 0.3) is 5.91 Å². The van der Waals surface area contributed by atoms with Gasteiger partial charge in [0, 0.05) is 36.4 Å². The first-order chi connectivity index (χ1) is 17.5. The predicted molar refractivity (Wildman–Crippen MR) is 149 cm³/mol. The van der Waals surface area contributed by atoms with E-state index in [1.54, 1.807) is 17.0 Å². The Hall–Kier alpha value is -2.81. The number of ether oxygens (including phenoxy) is 2. The molecule has 0 radical (unpaired) electrons. The third-order valence-corrected chi connectivity index (χ3v) is 7.45. The second-order valence-electron chi connectivity index (χ2n) is 11.0. The average Bonchev–Trinajstić information content (AvgIpc) is 2.88. The number of amides is 1. The summed E-state index contributed by atoms with van der Waals surface area (Å²) in [5.41, 5.74) is 4.51. The monoisotopic (exact) mass is 505 g/mol. The number of hydrogen-bond donors (Lipinski definition) is 1. The van der Waals surface area contributed by atoms with Gasteiger partial charge < -0.3 is 19.5 Å². The summed E-state index contributed by atoms with van der Waals surface area (Å²) >= 11 is 0. The smallest absolute Gasteiger partial charge is 0.253 e. The van der Waals surface area contributed by atoms with E-state index < -0.39 is 6.10 Å². The fourth-order valence-electron chi connectivity index (χ4n) is 5.00. The maximum absolute atomic E-state index is 12.6. The molecule has 3 rings (SSSR count). The molecule has 2 aromatic carbocycles. The molecule has 37 heavy (non-hydrogen) atoms. The van der Waals surface area contributed by atoms with Crippen molar-refractivity contribution in [3.63, 3.8) is 0 Å². The summed E-state index contributed by atoms with van der Waals surface area (Å²) in [6.07, 6.45) is 1.18. The van der Waals surface area contributed by atoms with Crippen LogP contribution in [0.2, 0.25) is 0 Å². The van der Waals surface area contributed by atoms with Crippen molar-refractivity contribution in [3.05, 3.63) is 64.2 Å². The molecule has 0 saturated heterocycles. The van der Waals surface area contributed by atoms with Crippen molar-refractivity contribution in [1.29, 1.82) is 0 Å². The number of nitrogens with zero attached hydrogens (tertiary/aromatic N) is 1. The third kappa shape index (κ3) is 6.74. The van der Waals surface area contributed by atoms with Gasteiger partial charge in [-0.2, -0.15) is 0 Å². The SMILES string of the molecule is CCOCCOc1cc(C(O)C#Cc2ccc(C(=O)N(CC)CC)cc2)cc2c1C(C)(C)CCC2(C)C. The molecule has 1 aliphatic carbocycles. The van der Waals surface area contributed by atoms with E-state index in [0.29, 0.717) is 38.5 Å². The minimum Gasteiger partial charge on any atom is -0.491 e. The summed E-state index contributed by atoms with van der Waals surface area (Å²) in [5, 5.41) is 11.1. The summed E-state index contributed by atoms with van der Waals surface area (Å²) in [4.78, 5) is 14.3. The van der Waals surface area contributed by atoms with Crippen molar-refractivity contribution in [3.8, 4) is 17.6 Å².